The van der Waals surface area contributed by atoms with Gasteiger partial charge < -0.3 is 5.11 Å². The van der Waals surface area contributed by atoms with Crippen molar-refractivity contribution in [2.24, 2.45) is 0 Å². The van der Waals surface area contributed by atoms with Gasteiger partial charge in [0, 0.05) is 5.02 Å². The lowest BCUT2D eigenvalue weighted by Gasteiger charge is -1.95. The zero-order valence-corrected chi connectivity index (χ0v) is 6.80. The molecule has 0 saturated carbocycles. The summed E-state index contributed by atoms with van der Waals surface area (Å²) < 4.78 is 0. The fourth-order valence-electron chi connectivity index (χ4n) is 0.718. The van der Waals surface area contributed by atoms with E-state index >= 15 is 0 Å². The van der Waals surface area contributed by atoms with E-state index < -0.39 is 0 Å². The molecule has 0 unspecified atom stereocenters. The minimum atomic E-state index is -0.0168. The first kappa shape index (κ1) is 8.63. The number of aromatic hydroxyl groups is 1. The summed E-state index contributed by atoms with van der Waals surface area (Å²) in [5.74, 6) is 4.64. The number of aldehydes is 1. The predicted octanol–water partition coefficient (Wildman–Crippen LogP) is 1.60. The number of hydrogen-bond acceptors (Lipinski definition) is 2. The molecule has 0 amide bonds. The molecule has 0 aliphatic rings. The zero-order valence-electron chi connectivity index (χ0n) is 6.04. The molecule has 1 rings (SSSR count). The monoisotopic (exact) mass is 180 g/mol. The van der Waals surface area contributed by atoms with Gasteiger partial charge in [-0.15, -0.1) is 0 Å². The van der Waals surface area contributed by atoms with Crippen LogP contribution in [0.4, 0.5) is 0 Å². The van der Waals surface area contributed by atoms with Crippen molar-refractivity contribution in [3.05, 3.63) is 28.8 Å². The SMILES string of the molecule is O=CC#Cc1ccc(Cl)cc1O. The van der Waals surface area contributed by atoms with Gasteiger partial charge >= 0.3 is 0 Å². The first-order valence-corrected chi connectivity index (χ1v) is 3.55. The van der Waals surface area contributed by atoms with Crippen molar-refractivity contribution < 1.29 is 9.90 Å². The molecule has 0 saturated heterocycles. The topological polar surface area (TPSA) is 37.3 Å². The minimum Gasteiger partial charge on any atom is -0.507 e. The zero-order chi connectivity index (χ0) is 8.97. The summed E-state index contributed by atoms with van der Waals surface area (Å²) in [4.78, 5) is 9.88. The molecule has 1 aromatic rings. The van der Waals surface area contributed by atoms with Crippen LogP contribution in [0, 0.1) is 11.8 Å². The maximum absolute atomic E-state index is 9.88. The number of carbonyl (C=O) groups is 1. The molecular formula is C9H5ClO2. The number of hydrogen-bond donors (Lipinski definition) is 1. The molecule has 1 aromatic carbocycles. The van der Waals surface area contributed by atoms with Crippen LogP contribution in [0.1, 0.15) is 5.56 Å². The number of phenolic OH excluding ortho intramolecular Hbond substituents is 1. The fraction of sp³-hybridized carbons (Fsp3) is 0. The van der Waals surface area contributed by atoms with Crippen LogP contribution in [0.5, 0.6) is 5.75 Å². The van der Waals surface area contributed by atoms with Crippen molar-refractivity contribution in [2.75, 3.05) is 0 Å². The molecule has 0 bridgehead atoms. The standard InChI is InChI=1S/C9H5ClO2/c10-8-4-3-7(2-1-5-11)9(12)6-8/h3-6,12H. The van der Waals surface area contributed by atoms with Crippen molar-refractivity contribution in [3.8, 4) is 17.6 Å². The highest BCUT2D eigenvalue weighted by Gasteiger charge is 1.96. The maximum atomic E-state index is 9.88. The summed E-state index contributed by atoms with van der Waals surface area (Å²) in [6.07, 6.45) is 0.466. The Kier molecular flexibility index (Phi) is 2.73. The van der Waals surface area contributed by atoms with Crippen molar-refractivity contribution in [2.45, 2.75) is 0 Å². The van der Waals surface area contributed by atoms with Crippen LogP contribution in [0.15, 0.2) is 18.2 Å². The summed E-state index contributed by atoms with van der Waals surface area (Å²) >= 11 is 5.57. The second-order valence-corrected chi connectivity index (χ2v) is 2.49. The summed E-state index contributed by atoms with van der Waals surface area (Å²) in [5.41, 5.74) is 0.395. The van der Waals surface area contributed by atoms with Crippen molar-refractivity contribution in [1.29, 1.82) is 0 Å². The molecule has 0 heterocycles. The molecule has 0 fully saturated rings. The van der Waals surface area contributed by atoms with Gasteiger partial charge in [-0.25, -0.2) is 0 Å². The number of benzene rings is 1. The Hall–Kier alpha value is -1.46. The van der Waals surface area contributed by atoms with E-state index in [1.165, 1.54) is 6.07 Å². The first-order valence-electron chi connectivity index (χ1n) is 3.18. The van der Waals surface area contributed by atoms with E-state index in [0.717, 1.165) is 0 Å². The molecule has 0 radical (unpaired) electrons. The Morgan fingerprint density at radius 2 is 2.25 bits per heavy atom. The highest BCUT2D eigenvalue weighted by atomic mass is 35.5. The van der Waals surface area contributed by atoms with Crippen LogP contribution in [-0.2, 0) is 4.79 Å². The number of carbonyl (C=O) groups excluding carboxylic acids is 1. The van der Waals surface area contributed by atoms with Gasteiger partial charge in [0.2, 0.25) is 0 Å². The molecular weight excluding hydrogens is 176 g/mol. The Balaban J connectivity index is 3.09. The smallest absolute Gasteiger partial charge is 0.193 e. The third kappa shape index (κ3) is 2.01. The van der Waals surface area contributed by atoms with E-state index in [-0.39, 0.29) is 5.75 Å². The second kappa shape index (κ2) is 3.80. The summed E-state index contributed by atoms with van der Waals surface area (Å²) in [7, 11) is 0. The minimum absolute atomic E-state index is 0.0168. The number of rotatable bonds is 0. The van der Waals surface area contributed by atoms with E-state index in [4.69, 9.17) is 11.6 Å². The van der Waals surface area contributed by atoms with E-state index in [9.17, 15) is 9.90 Å². The molecule has 2 nitrogen and oxygen atoms in total. The predicted molar refractivity (Wildman–Crippen MR) is 46.1 cm³/mol. The van der Waals surface area contributed by atoms with Crippen LogP contribution < -0.4 is 0 Å². The van der Waals surface area contributed by atoms with Gasteiger partial charge in [-0.1, -0.05) is 17.5 Å². The van der Waals surface area contributed by atoms with E-state index in [1.54, 1.807) is 12.1 Å². The molecule has 1 N–H and O–H groups in total. The molecule has 0 atom stereocenters. The first-order chi connectivity index (χ1) is 5.74. The highest BCUT2D eigenvalue weighted by molar-refractivity contribution is 6.30. The summed E-state index contributed by atoms with van der Waals surface area (Å²) in [6, 6.07) is 4.51. The molecule has 0 aliphatic carbocycles. The molecule has 3 heteroatoms. The van der Waals surface area contributed by atoms with Crippen LogP contribution in [0.3, 0.4) is 0 Å². The average Bonchev–Trinajstić information content (AvgIpc) is 2.03. The van der Waals surface area contributed by atoms with Crippen LogP contribution in [0.25, 0.3) is 0 Å². The molecule has 0 spiro atoms. The molecule has 0 aromatic heterocycles. The van der Waals surface area contributed by atoms with Gasteiger partial charge in [-0.05, 0) is 24.1 Å². The van der Waals surface area contributed by atoms with E-state index in [0.29, 0.717) is 16.9 Å². The van der Waals surface area contributed by atoms with Gasteiger partial charge in [-0.2, -0.15) is 0 Å². The second-order valence-electron chi connectivity index (χ2n) is 2.05. The van der Waals surface area contributed by atoms with Gasteiger partial charge in [-0.3, -0.25) is 4.79 Å². The summed E-state index contributed by atoms with van der Waals surface area (Å²) in [6.45, 7) is 0. The lowest BCUT2D eigenvalue weighted by atomic mass is 10.2. The molecule has 60 valence electrons. The Morgan fingerprint density at radius 3 is 2.83 bits per heavy atom. The Labute approximate surface area is 74.8 Å². The van der Waals surface area contributed by atoms with Gasteiger partial charge in [0.25, 0.3) is 0 Å². The lowest BCUT2D eigenvalue weighted by molar-refractivity contribution is -0.103. The molecule has 12 heavy (non-hydrogen) atoms. The largest absolute Gasteiger partial charge is 0.507 e. The third-order valence-electron chi connectivity index (χ3n) is 1.23. The highest BCUT2D eigenvalue weighted by Crippen LogP contribution is 2.20. The average molecular weight is 181 g/mol. The Morgan fingerprint density at radius 1 is 1.50 bits per heavy atom. The normalized spacial score (nSPS) is 8.42. The maximum Gasteiger partial charge on any atom is 0.193 e. The quantitative estimate of drug-likeness (QED) is 0.486. The summed E-state index contributed by atoms with van der Waals surface area (Å²) in [5, 5.41) is 9.65. The third-order valence-corrected chi connectivity index (χ3v) is 1.46. The van der Waals surface area contributed by atoms with Crippen molar-refractivity contribution >= 4 is 17.9 Å². The number of phenols is 1. The molecule has 0 aliphatic heterocycles. The van der Waals surface area contributed by atoms with E-state index in [2.05, 4.69) is 11.8 Å². The lowest BCUT2D eigenvalue weighted by Crippen LogP contribution is -1.76. The Bertz CT molecular complexity index is 361. The fourth-order valence-corrected chi connectivity index (χ4v) is 0.884. The van der Waals surface area contributed by atoms with Gasteiger partial charge in [0.1, 0.15) is 5.75 Å². The van der Waals surface area contributed by atoms with Crippen molar-refractivity contribution in [1.82, 2.24) is 0 Å². The number of halogens is 1. The van der Waals surface area contributed by atoms with Gasteiger partial charge in [0.15, 0.2) is 6.29 Å². The van der Waals surface area contributed by atoms with Gasteiger partial charge in [0.05, 0.1) is 5.56 Å². The van der Waals surface area contributed by atoms with Crippen LogP contribution in [0.2, 0.25) is 5.02 Å². The van der Waals surface area contributed by atoms with Crippen LogP contribution in [-0.4, -0.2) is 11.4 Å². The van der Waals surface area contributed by atoms with Crippen molar-refractivity contribution in [3.63, 3.8) is 0 Å². The van der Waals surface area contributed by atoms with E-state index in [1.807, 2.05) is 0 Å². The van der Waals surface area contributed by atoms with Crippen LogP contribution >= 0.6 is 11.6 Å².